The van der Waals surface area contributed by atoms with Crippen LogP contribution >= 0.6 is 46.4 Å². The van der Waals surface area contributed by atoms with Crippen LogP contribution in [-0.2, 0) is 14.9 Å². The van der Waals surface area contributed by atoms with Crippen LogP contribution in [0.4, 0.5) is 0 Å². The molecule has 0 saturated carbocycles. The predicted molar refractivity (Wildman–Crippen MR) is 114 cm³/mol. The highest BCUT2D eigenvalue weighted by atomic mass is 35.5. The first kappa shape index (κ1) is 22.0. The molecular formula is C19H12Cl4O5S. The van der Waals surface area contributed by atoms with Crippen LogP contribution in [0.1, 0.15) is 16.7 Å². The van der Waals surface area contributed by atoms with E-state index in [1.165, 1.54) is 30.3 Å². The Morgan fingerprint density at radius 2 is 1.34 bits per heavy atom. The number of halogens is 4. The highest BCUT2D eigenvalue weighted by molar-refractivity contribution is 7.87. The number of rotatable bonds is 4. The van der Waals surface area contributed by atoms with Crippen molar-refractivity contribution in [3.05, 3.63) is 91.4 Å². The summed E-state index contributed by atoms with van der Waals surface area (Å²) in [5.41, 5.74) is -0.582. The van der Waals surface area contributed by atoms with E-state index in [1.54, 1.807) is 6.07 Å². The normalized spacial score (nSPS) is 13.8. The van der Waals surface area contributed by atoms with Gasteiger partial charge in [-0.25, -0.2) is 0 Å². The zero-order valence-corrected chi connectivity index (χ0v) is 18.1. The number of hydrogen-bond acceptors (Lipinski definition) is 4. The van der Waals surface area contributed by atoms with Crippen LogP contribution in [0, 0.1) is 0 Å². The lowest BCUT2D eigenvalue weighted by Gasteiger charge is -2.34. The van der Waals surface area contributed by atoms with Gasteiger partial charge in [-0.05, 0) is 24.3 Å². The van der Waals surface area contributed by atoms with Crippen molar-refractivity contribution < 1.29 is 23.2 Å². The third kappa shape index (κ3) is 3.54. The summed E-state index contributed by atoms with van der Waals surface area (Å²) >= 11 is 24.8. The van der Waals surface area contributed by atoms with E-state index in [4.69, 9.17) is 46.4 Å². The van der Waals surface area contributed by atoms with E-state index in [0.717, 1.165) is 18.2 Å². The van der Waals surface area contributed by atoms with Gasteiger partial charge in [0.05, 0.1) is 15.1 Å². The molecule has 5 nitrogen and oxygen atoms in total. The van der Waals surface area contributed by atoms with Gasteiger partial charge in [-0.2, -0.15) is 8.42 Å². The van der Waals surface area contributed by atoms with Crippen LogP contribution in [0.5, 0.6) is 11.5 Å². The van der Waals surface area contributed by atoms with E-state index in [-0.39, 0.29) is 42.5 Å². The van der Waals surface area contributed by atoms with Gasteiger partial charge < -0.3 is 10.2 Å². The third-order valence-corrected chi connectivity index (χ3v) is 7.47. The van der Waals surface area contributed by atoms with Crippen LogP contribution in [0.3, 0.4) is 0 Å². The molecule has 0 bridgehead atoms. The van der Waals surface area contributed by atoms with E-state index in [0.29, 0.717) is 0 Å². The molecule has 10 heteroatoms. The summed E-state index contributed by atoms with van der Waals surface area (Å²) in [5, 5.41) is 19.8. The van der Waals surface area contributed by atoms with Gasteiger partial charge in [-0.15, -0.1) is 0 Å². The van der Waals surface area contributed by atoms with Crippen molar-refractivity contribution in [3.8, 4) is 11.5 Å². The molecule has 3 aromatic carbocycles. The Kier molecular flexibility index (Phi) is 5.98. The zero-order chi connectivity index (χ0) is 21.6. The third-order valence-electron chi connectivity index (χ3n) is 4.42. The summed E-state index contributed by atoms with van der Waals surface area (Å²) in [5.74, 6) is -0.945. The fourth-order valence-corrected chi connectivity index (χ4v) is 5.64. The highest BCUT2D eigenvalue weighted by Gasteiger charge is 2.52. The van der Waals surface area contributed by atoms with Gasteiger partial charge in [-0.1, -0.05) is 70.7 Å². The summed E-state index contributed by atoms with van der Waals surface area (Å²) in [6.07, 6.45) is 0. The Bertz CT molecular complexity index is 1210. The summed E-state index contributed by atoms with van der Waals surface area (Å²) in [6.45, 7) is 0. The zero-order valence-electron chi connectivity index (χ0n) is 14.3. The predicted octanol–water partition coefficient (Wildman–Crippen LogP) is 5.89. The summed E-state index contributed by atoms with van der Waals surface area (Å²) in [7, 11) is -5.11. The number of phenolic OH excluding ortho intramolecular Hbond substituents is 2. The van der Waals surface area contributed by atoms with Crippen molar-refractivity contribution in [3.63, 3.8) is 0 Å². The van der Waals surface area contributed by atoms with Crippen LogP contribution in [-0.4, -0.2) is 23.2 Å². The lowest BCUT2D eigenvalue weighted by molar-refractivity contribution is 0.431. The molecule has 0 saturated heterocycles. The molecule has 3 N–H and O–H groups in total. The average molecular weight is 494 g/mol. The number of benzene rings is 3. The first-order valence-corrected chi connectivity index (χ1v) is 10.9. The number of hydrogen-bond donors (Lipinski definition) is 3. The lowest BCUT2D eigenvalue weighted by atomic mass is 9.83. The van der Waals surface area contributed by atoms with Gasteiger partial charge in [0.2, 0.25) is 0 Å². The quantitative estimate of drug-likeness (QED) is 0.239. The highest BCUT2D eigenvalue weighted by Crippen LogP contribution is 2.52. The SMILES string of the molecule is O=S(=O)(O)C(c1ccc(O)cc1O)(c1ccccc1Cl)c1ccc(Cl)c(Cl)c1Cl. The molecule has 152 valence electrons. The molecule has 3 rings (SSSR count). The smallest absolute Gasteiger partial charge is 0.283 e. The maximum absolute atomic E-state index is 13.0. The molecule has 29 heavy (non-hydrogen) atoms. The standard InChI is InChI=1S/C19H12Cl4O5S/c20-14-4-2-1-3-11(14)19(29(26,27)28,12-6-5-10(24)9-16(12)25)13-7-8-15(21)18(23)17(13)22/h1-9,24-25H,(H,26,27,28). The van der Waals surface area contributed by atoms with Gasteiger partial charge in [-0.3, -0.25) is 4.55 Å². The summed E-state index contributed by atoms with van der Waals surface area (Å²) in [6, 6.07) is 11.6. The van der Waals surface area contributed by atoms with E-state index in [9.17, 15) is 23.2 Å². The van der Waals surface area contributed by atoms with Crippen molar-refractivity contribution in [1.29, 1.82) is 0 Å². The Labute approximate surface area is 186 Å². The minimum absolute atomic E-state index is 0.0280. The first-order chi connectivity index (χ1) is 13.5. The molecular weight excluding hydrogens is 482 g/mol. The molecule has 0 radical (unpaired) electrons. The number of phenols is 2. The van der Waals surface area contributed by atoms with Crippen molar-refractivity contribution >= 4 is 56.5 Å². The van der Waals surface area contributed by atoms with E-state index >= 15 is 0 Å². The second-order valence-electron chi connectivity index (χ2n) is 6.06. The summed E-state index contributed by atoms with van der Waals surface area (Å²) < 4.78 is 34.0. The number of aromatic hydroxyl groups is 2. The van der Waals surface area contributed by atoms with Crippen LogP contribution in [0.15, 0.2) is 54.6 Å². The Hall–Kier alpha value is -1.67. The second kappa shape index (κ2) is 7.87. The van der Waals surface area contributed by atoms with E-state index < -0.39 is 20.6 Å². The van der Waals surface area contributed by atoms with Crippen molar-refractivity contribution in [2.24, 2.45) is 0 Å². The fourth-order valence-electron chi connectivity index (χ4n) is 3.21. The topological polar surface area (TPSA) is 94.8 Å². The van der Waals surface area contributed by atoms with Crippen LogP contribution in [0.2, 0.25) is 20.1 Å². The van der Waals surface area contributed by atoms with Gasteiger partial charge in [0.1, 0.15) is 11.5 Å². The molecule has 0 fully saturated rings. The molecule has 0 amide bonds. The Morgan fingerprint density at radius 1 is 0.724 bits per heavy atom. The van der Waals surface area contributed by atoms with Crippen LogP contribution in [0.25, 0.3) is 0 Å². The molecule has 0 aliphatic heterocycles. The van der Waals surface area contributed by atoms with E-state index in [2.05, 4.69) is 0 Å². The van der Waals surface area contributed by atoms with Gasteiger partial charge in [0.15, 0.2) is 4.75 Å². The lowest BCUT2D eigenvalue weighted by Crippen LogP contribution is -2.39. The molecule has 0 aromatic heterocycles. The van der Waals surface area contributed by atoms with Gasteiger partial charge in [0, 0.05) is 27.8 Å². The molecule has 3 aromatic rings. The largest absolute Gasteiger partial charge is 0.508 e. The second-order valence-corrected chi connectivity index (χ2v) is 9.19. The van der Waals surface area contributed by atoms with Crippen molar-refractivity contribution in [2.75, 3.05) is 0 Å². The Morgan fingerprint density at radius 3 is 1.93 bits per heavy atom. The maximum atomic E-state index is 13.0. The van der Waals surface area contributed by atoms with Gasteiger partial charge in [0.25, 0.3) is 10.1 Å². The fraction of sp³-hybridized carbons (Fsp3) is 0.0526. The van der Waals surface area contributed by atoms with Crippen LogP contribution < -0.4 is 0 Å². The molecule has 1 atom stereocenters. The Balaban J connectivity index is 2.63. The minimum atomic E-state index is -5.11. The first-order valence-electron chi connectivity index (χ1n) is 7.90. The van der Waals surface area contributed by atoms with Crippen molar-refractivity contribution in [2.45, 2.75) is 4.75 Å². The molecule has 0 spiro atoms. The average Bonchev–Trinajstić information content (AvgIpc) is 2.63. The van der Waals surface area contributed by atoms with Crippen molar-refractivity contribution in [1.82, 2.24) is 0 Å². The molecule has 1 unspecified atom stereocenters. The molecule has 0 aliphatic carbocycles. The molecule has 0 heterocycles. The van der Waals surface area contributed by atoms with Gasteiger partial charge >= 0.3 is 0 Å². The molecule has 0 aliphatic rings. The summed E-state index contributed by atoms with van der Waals surface area (Å²) in [4.78, 5) is 0. The van der Waals surface area contributed by atoms with E-state index in [1.807, 2.05) is 0 Å². The minimum Gasteiger partial charge on any atom is -0.508 e. The monoisotopic (exact) mass is 492 g/mol. The maximum Gasteiger partial charge on any atom is 0.283 e.